The molecule has 0 nitrogen and oxygen atoms in total. The summed E-state index contributed by atoms with van der Waals surface area (Å²) < 4.78 is 0. The van der Waals surface area contributed by atoms with E-state index in [9.17, 15) is 0 Å². The average Bonchev–Trinajstić information content (AvgIpc) is 2.15. The fourth-order valence-corrected chi connectivity index (χ4v) is 1.93. The summed E-state index contributed by atoms with van der Waals surface area (Å²) in [4.78, 5) is 0. The summed E-state index contributed by atoms with van der Waals surface area (Å²) in [6, 6.07) is 10.4. The summed E-state index contributed by atoms with van der Waals surface area (Å²) in [5.74, 6) is 0.611. The number of halogens is 1. The monoisotopic (exact) mass is 238 g/mol. The SMILES string of the molecule is CC(C)C(=Cc1ccccc1)CBr. The third-order valence-corrected chi connectivity index (χ3v) is 2.69. The topological polar surface area (TPSA) is 0 Å². The fourth-order valence-electron chi connectivity index (χ4n) is 1.12. The van der Waals surface area contributed by atoms with E-state index < -0.39 is 0 Å². The Labute approximate surface area is 88.8 Å². The molecule has 0 fully saturated rings. The minimum atomic E-state index is 0.611. The van der Waals surface area contributed by atoms with Crippen molar-refractivity contribution < 1.29 is 0 Å². The van der Waals surface area contributed by atoms with Gasteiger partial charge in [-0.05, 0) is 11.5 Å². The average molecular weight is 239 g/mol. The van der Waals surface area contributed by atoms with Crippen LogP contribution in [-0.2, 0) is 0 Å². The van der Waals surface area contributed by atoms with Crippen LogP contribution in [0.5, 0.6) is 0 Å². The number of rotatable bonds is 3. The summed E-state index contributed by atoms with van der Waals surface area (Å²) in [7, 11) is 0. The molecule has 1 aromatic carbocycles. The summed E-state index contributed by atoms with van der Waals surface area (Å²) in [6.07, 6.45) is 2.25. The molecule has 1 heteroatoms. The maximum absolute atomic E-state index is 3.51. The first-order chi connectivity index (χ1) is 6.24. The van der Waals surface area contributed by atoms with Gasteiger partial charge in [-0.1, -0.05) is 71.8 Å². The largest absolute Gasteiger partial charge is 0.0880 e. The molecule has 0 N–H and O–H groups in total. The van der Waals surface area contributed by atoms with Gasteiger partial charge in [0, 0.05) is 5.33 Å². The second-order valence-corrected chi connectivity index (χ2v) is 3.98. The van der Waals surface area contributed by atoms with E-state index >= 15 is 0 Å². The van der Waals surface area contributed by atoms with Gasteiger partial charge in [0.1, 0.15) is 0 Å². The van der Waals surface area contributed by atoms with Crippen LogP contribution in [0.4, 0.5) is 0 Å². The van der Waals surface area contributed by atoms with E-state index in [2.05, 4.69) is 60.1 Å². The molecule has 0 unspecified atom stereocenters. The molecule has 0 radical (unpaired) electrons. The van der Waals surface area contributed by atoms with Crippen LogP contribution in [0.1, 0.15) is 19.4 Å². The molecule has 0 atom stereocenters. The van der Waals surface area contributed by atoms with Crippen molar-refractivity contribution in [1.82, 2.24) is 0 Å². The minimum Gasteiger partial charge on any atom is -0.0880 e. The zero-order chi connectivity index (χ0) is 9.68. The van der Waals surface area contributed by atoms with Crippen LogP contribution in [0.25, 0.3) is 6.08 Å². The first-order valence-corrected chi connectivity index (χ1v) is 5.67. The standard InChI is InChI=1S/C12H15Br/c1-10(2)12(9-13)8-11-6-4-3-5-7-11/h3-8,10H,9H2,1-2H3. The Hall–Kier alpha value is -0.560. The summed E-state index contributed by atoms with van der Waals surface area (Å²) in [6.45, 7) is 4.44. The molecule has 1 rings (SSSR count). The van der Waals surface area contributed by atoms with Crippen molar-refractivity contribution in [3.05, 3.63) is 41.5 Å². The first-order valence-electron chi connectivity index (χ1n) is 4.55. The third-order valence-electron chi connectivity index (χ3n) is 2.05. The molecule has 0 aliphatic carbocycles. The van der Waals surface area contributed by atoms with Gasteiger partial charge >= 0.3 is 0 Å². The zero-order valence-corrected chi connectivity index (χ0v) is 9.71. The minimum absolute atomic E-state index is 0.611. The van der Waals surface area contributed by atoms with Gasteiger partial charge in [-0.2, -0.15) is 0 Å². The summed E-state index contributed by atoms with van der Waals surface area (Å²) in [5.41, 5.74) is 2.72. The van der Waals surface area contributed by atoms with Gasteiger partial charge in [0.2, 0.25) is 0 Å². The highest BCUT2D eigenvalue weighted by atomic mass is 79.9. The quantitative estimate of drug-likeness (QED) is 0.696. The van der Waals surface area contributed by atoms with Crippen molar-refractivity contribution >= 4 is 22.0 Å². The molecule has 0 aromatic heterocycles. The molecule has 0 saturated carbocycles. The van der Waals surface area contributed by atoms with E-state index in [1.807, 2.05) is 6.07 Å². The maximum atomic E-state index is 3.51. The lowest BCUT2D eigenvalue weighted by Crippen LogP contribution is -1.94. The molecule has 0 bridgehead atoms. The van der Waals surface area contributed by atoms with Crippen molar-refractivity contribution in [1.29, 1.82) is 0 Å². The highest BCUT2D eigenvalue weighted by Gasteiger charge is 2.00. The van der Waals surface area contributed by atoms with Crippen LogP contribution in [0.3, 0.4) is 0 Å². The third kappa shape index (κ3) is 3.35. The number of benzene rings is 1. The molecule has 0 amide bonds. The molecule has 0 aliphatic rings. The van der Waals surface area contributed by atoms with E-state index in [0.717, 1.165) is 5.33 Å². The van der Waals surface area contributed by atoms with Gasteiger partial charge in [-0.25, -0.2) is 0 Å². The van der Waals surface area contributed by atoms with E-state index in [1.54, 1.807) is 0 Å². The van der Waals surface area contributed by atoms with Crippen LogP contribution < -0.4 is 0 Å². The van der Waals surface area contributed by atoms with E-state index in [0.29, 0.717) is 5.92 Å². The molecule has 0 heterocycles. The van der Waals surface area contributed by atoms with Crippen molar-refractivity contribution in [2.24, 2.45) is 5.92 Å². The van der Waals surface area contributed by atoms with Gasteiger partial charge < -0.3 is 0 Å². The molecule has 0 aliphatic heterocycles. The smallest absolute Gasteiger partial charge is 0.0247 e. The molecular weight excluding hydrogens is 224 g/mol. The first kappa shape index (κ1) is 10.5. The van der Waals surface area contributed by atoms with Crippen LogP contribution >= 0.6 is 15.9 Å². The highest BCUT2D eigenvalue weighted by Crippen LogP contribution is 2.16. The fraction of sp³-hybridized carbons (Fsp3) is 0.333. The highest BCUT2D eigenvalue weighted by molar-refractivity contribution is 9.09. The molecular formula is C12H15Br. The lowest BCUT2D eigenvalue weighted by atomic mass is 10.0. The van der Waals surface area contributed by atoms with E-state index in [-0.39, 0.29) is 0 Å². The van der Waals surface area contributed by atoms with E-state index in [1.165, 1.54) is 11.1 Å². The Kier molecular flexibility index (Phi) is 4.23. The Bertz CT molecular complexity index is 272. The van der Waals surface area contributed by atoms with Crippen molar-refractivity contribution in [3.8, 4) is 0 Å². The Morgan fingerprint density at radius 2 is 1.92 bits per heavy atom. The van der Waals surface area contributed by atoms with Gasteiger partial charge in [-0.15, -0.1) is 0 Å². The van der Waals surface area contributed by atoms with Crippen LogP contribution in [0, 0.1) is 5.92 Å². The number of allylic oxidation sites excluding steroid dienone is 1. The predicted octanol–water partition coefficient (Wildman–Crippen LogP) is 4.12. The lowest BCUT2D eigenvalue weighted by Gasteiger charge is -2.07. The normalized spacial score (nSPS) is 12.2. The van der Waals surface area contributed by atoms with Gasteiger partial charge in [0.05, 0.1) is 0 Å². The predicted molar refractivity (Wildman–Crippen MR) is 63.1 cm³/mol. The van der Waals surface area contributed by atoms with Crippen LogP contribution in [0.15, 0.2) is 35.9 Å². The molecule has 13 heavy (non-hydrogen) atoms. The summed E-state index contributed by atoms with van der Waals surface area (Å²) in [5, 5.41) is 0.958. The van der Waals surface area contributed by atoms with E-state index in [4.69, 9.17) is 0 Å². The number of hydrogen-bond donors (Lipinski definition) is 0. The van der Waals surface area contributed by atoms with Gasteiger partial charge in [0.15, 0.2) is 0 Å². The molecule has 70 valence electrons. The van der Waals surface area contributed by atoms with Crippen molar-refractivity contribution in [3.63, 3.8) is 0 Å². The summed E-state index contributed by atoms with van der Waals surface area (Å²) >= 11 is 3.51. The zero-order valence-electron chi connectivity index (χ0n) is 8.13. The Morgan fingerprint density at radius 1 is 1.31 bits per heavy atom. The second-order valence-electron chi connectivity index (χ2n) is 3.42. The molecule has 1 aromatic rings. The maximum Gasteiger partial charge on any atom is 0.0247 e. The lowest BCUT2D eigenvalue weighted by molar-refractivity contribution is 0.781. The molecule has 0 saturated heterocycles. The number of alkyl halides is 1. The van der Waals surface area contributed by atoms with Gasteiger partial charge in [-0.3, -0.25) is 0 Å². The van der Waals surface area contributed by atoms with Crippen LogP contribution in [-0.4, -0.2) is 5.33 Å². The Morgan fingerprint density at radius 3 is 2.38 bits per heavy atom. The van der Waals surface area contributed by atoms with Gasteiger partial charge in [0.25, 0.3) is 0 Å². The molecule has 0 spiro atoms. The number of hydrogen-bond acceptors (Lipinski definition) is 0. The van der Waals surface area contributed by atoms with Crippen molar-refractivity contribution in [2.75, 3.05) is 5.33 Å². The van der Waals surface area contributed by atoms with Crippen LogP contribution in [0.2, 0.25) is 0 Å². The second kappa shape index (κ2) is 5.23. The Balaban J connectivity index is 2.85. The van der Waals surface area contributed by atoms with Crippen molar-refractivity contribution in [2.45, 2.75) is 13.8 Å².